The monoisotopic (exact) mass is 424 g/mol. The number of hydrogen-bond acceptors (Lipinski definition) is 7. The minimum atomic E-state index is -1.39. The Morgan fingerprint density at radius 2 is 1.42 bits per heavy atom. The molecule has 0 saturated carbocycles. The van der Waals surface area contributed by atoms with E-state index in [9.17, 15) is 30.0 Å². The van der Waals surface area contributed by atoms with Crippen LogP contribution < -0.4 is 4.74 Å². The molecule has 0 saturated heterocycles. The maximum atomic E-state index is 12.0. The van der Waals surface area contributed by atoms with Gasteiger partial charge in [-0.25, -0.2) is 0 Å². The molecule has 0 aliphatic heterocycles. The van der Waals surface area contributed by atoms with E-state index in [-0.39, 0.29) is 17.3 Å². The number of allylic oxidation sites excluding steroid dienone is 3. The van der Waals surface area contributed by atoms with Gasteiger partial charge in [0.15, 0.2) is 5.78 Å². The van der Waals surface area contributed by atoms with Gasteiger partial charge in [0.25, 0.3) is 0 Å². The van der Waals surface area contributed by atoms with Crippen LogP contribution in [-0.4, -0.2) is 45.4 Å². The number of ketones is 1. The van der Waals surface area contributed by atoms with Crippen molar-refractivity contribution in [2.75, 3.05) is 13.2 Å². The van der Waals surface area contributed by atoms with E-state index in [1.165, 1.54) is 43.3 Å². The molecule has 0 atom stereocenters. The van der Waals surface area contributed by atoms with Gasteiger partial charge in [-0.3, -0.25) is 9.59 Å². The second-order valence-corrected chi connectivity index (χ2v) is 7.07. The number of carbonyl (C=O) groups excluding carboxylic acids is 2. The summed E-state index contributed by atoms with van der Waals surface area (Å²) in [6.45, 7) is 0.304. The van der Waals surface area contributed by atoms with Gasteiger partial charge in [-0.2, -0.15) is 0 Å². The highest BCUT2D eigenvalue weighted by atomic mass is 16.5. The lowest BCUT2D eigenvalue weighted by Gasteiger charge is -2.21. The molecule has 7 nitrogen and oxygen atoms in total. The van der Waals surface area contributed by atoms with Gasteiger partial charge in [-0.15, -0.1) is 0 Å². The smallest absolute Gasteiger partial charge is 0.321 e. The number of phenols is 1. The van der Waals surface area contributed by atoms with Crippen molar-refractivity contribution < 1.29 is 34.8 Å². The molecule has 0 bridgehead atoms. The Hall–Kier alpha value is -3.68. The average molecular weight is 424 g/mol. The van der Waals surface area contributed by atoms with Crippen molar-refractivity contribution in [2.45, 2.75) is 6.92 Å². The van der Waals surface area contributed by atoms with Gasteiger partial charge < -0.3 is 25.2 Å². The highest BCUT2D eigenvalue weighted by Gasteiger charge is 2.34. The standard InChI is InChI=1S/C24H24O7/c1-24(15-25,16-26)23(30)31-22-12-6-18(7-13-22)5-11-21(29)14-20(28)10-4-17-2-8-19(27)9-3-17/h2-14,25-27,29H,15-16H2,1H3/b10-4+,11-5+,21-14?. The first-order chi connectivity index (χ1) is 14.8. The molecule has 2 aromatic carbocycles. The molecule has 0 amide bonds. The summed E-state index contributed by atoms with van der Waals surface area (Å²) in [5.41, 5.74) is 0.0193. The second kappa shape index (κ2) is 10.9. The second-order valence-electron chi connectivity index (χ2n) is 7.07. The van der Waals surface area contributed by atoms with Crippen LogP contribution in [0.25, 0.3) is 12.2 Å². The number of phenolic OH excluding ortho intramolecular Hbond substituents is 1. The fraction of sp³-hybridized carbons (Fsp3) is 0.167. The van der Waals surface area contributed by atoms with Crippen LogP contribution in [0.2, 0.25) is 0 Å². The number of esters is 1. The maximum absolute atomic E-state index is 12.0. The van der Waals surface area contributed by atoms with Crippen molar-refractivity contribution in [3.05, 3.63) is 83.6 Å². The Kier molecular flexibility index (Phi) is 8.31. The summed E-state index contributed by atoms with van der Waals surface area (Å²) in [6.07, 6.45) is 6.84. The van der Waals surface area contributed by atoms with Crippen LogP contribution in [-0.2, 0) is 9.59 Å². The van der Waals surface area contributed by atoms with Crippen LogP contribution in [0.3, 0.4) is 0 Å². The van der Waals surface area contributed by atoms with E-state index in [4.69, 9.17) is 4.74 Å². The number of aromatic hydroxyl groups is 1. The number of rotatable bonds is 9. The van der Waals surface area contributed by atoms with Gasteiger partial charge in [-0.1, -0.05) is 36.4 Å². The molecule has 0 fully saturated rings. The average Bonchev–Trinajstić information content (AvgIpc) is 2.77. The van der Waals surface area contributed by atoms with Crippen LogP contribution >= 0.6 is 0 Å². The highest BCUT2D eigenvalue weighted by molar-refractivity contribution is 6.02. The molecule has 0 unspecified atom stereocenters. The number of benzene rings is 2. The number of aliphatic hydroxyl groups excluding tert-OH is 3. The lowest BCUT2D eigenvalue weighted by molar-refractivity contribution is -0.149. The quantitative estimate of drug-likeness (QED) is 0.160. The predicted molar refractivity (Wildman–Crippen MR) is 116 cm³/mol. The fourth-order valence-corrected chi connectivity index (χ4v) is 2.24. The van der Waals surface area contributed by atoms with E-state index in [0.717, 1.165) is 11.6 Å². The van der Waals surface area contributed by atoms with Crippen molar-refractivity contribution in [1.82, 2.24) is 0 Å². The Bertz CT molecular complexity index is 980. The highest BCUT2D eigenvalue weighted by Crippen LogP contribution is 2.21. The van der Waals surface area contributed by atoms with Crippen LogP contribution in [0, 0.1) is 5.41 Å². The minimum Gasteiger partial charge on any atom is -0.508 e. The normalized spacial score (nSPS) is 12.4. The summed E-state index contributed by atoms with van der Waals surface area (Å²) in [5, 5.41) is 37.6. The van der Waals surface area contributed by atoms with Crippen molar-refractivity contribution in [3.8, 4) is 11.5 Å². The molecule has 4 N–H and O–H groups in total. The SMILES string of the molecule is CC(CO)(CO)C(=O)Oc1ccc(/C=C/C(O)=CC(=O)/C=C/c2ccc(O)cc2)cc1. The Morgan fingerprint density at radius 1 is 0.903 bits per heavy atom. The first-order valence-electron chi connectivity index (χ1n) is 9.39. The van der Waals surface area contributed by atoms with Gasteiger partial charge >= 0.3 is 5.97 Å². The number of aliphatic hydroxyl groups is 3. The van der Waals surface area contributed by atoms with E-state index in [0.29, 0.717) is 5.56 Å². The van der Waals surface area contributed by atoms with Gasteiger partial charge in [0, 0.05) is 6.08 Å². The molecule has 0 spiro atoms. The van der Waals surface area contributed by atoms with Crippen LogP contribution in [0.5, 0.6) is 11.5 Å². The molecule has 0 aromatic heterocycles. The summed E-state index contributed by atoms with van der Waals surface area (Å²) < 4.78 is 5.15. The number of ether oxygens (including phenoxy) is 1. The molecule has 2 aromatic rings. The summed E-state index contributed by atoms with van der Waals surface area (Å²) in [7, 11) is 0. The lowest BCUT2D eigenvalue weighted by atomic mass is 9.93. The molecule has 162 valence electrons. The molecular weight excluding hydrogens is 400 g/mol. The Balaban J connectivity index is 1.95. The molecule has 0 radical (unpaired) electrons. The van der Waals surface area contributed by atoms with E-state index in [1.54, 1.807) is 36.4 Å². The van der Waals surface area contributed by atoms with E-state index in [1.807, 2.05) is 0 Å². The van der Waals surface area contributed by atoms with E-state index in [2.05, 4.69) is 0 Å². The molecule has 7 heteroatoms. The Labute approximate surface area is 179 Å². The molecule has 2 rings (SSSR count). The summed E-state index contributed by atoms with van der Waals surface area (Å²) >= 11 is 0. The van der Waals surface area contributed by atoms with Gasteiger partial charge in [0.05, 0.1) is 13.2 Å². The van der Waals surface area contributed by atoms with Crippen molar-refractivity contribution in [1.29, 1.82) is 0 Å². The topological polar surface area (TPSA) is 124 Å². The fourth-order valence-electron chi connectivity index (χ4n) is 2.24. The van der Waals surface area contributed by atoms with E-state index >= 15 is 0 Å². The summed E-state index contributed by atoms with van der Waals surface area (Å²) in [5.74, 6) is -1.03. The molecule has 0 aliphatic rings. The molecule has 0 aliphatic carbocycles. The number of hydrogen-bond donors (Lipinski definition) is 4. The zero-order valence-corrected chi connectivity index (χ0v) is 16.9. The van der Waals surface area contributed by atoms with Crippen LogP contribution in [0.15, 0.2) is 72.5 Å². The van der Waals surface area contributed by atoms with Crippen molar-refractivity contribution in [3.63, 3.8) is 0 Å². The first-order valence-corrected chi connectivity index (χ1v) is 9.39. The molecule has 0 heterocycles. The Morgan fingerprint density at radius 3 is 1.97 bits per heavy atom. The van der Waals surface area contributed by atoms with Crippen LogP contribution in [0.1, 0.15) is 18.1 Å². The van der Waals surface area contributed by atoms with Crippen molar-refractivity contribution >= 4 is 23.9 Å². The maximum Gasteiger partial charge on any atom is 0.321 e. The third kappa shape index (κ3) is 7.26. The zero-order valence-electron chi connectivity index (χ0n) is 16.9. The van der Waals surface area contributed by atoms with Gasteiger partial charge in [-0.05, 0) is 54.5 Å². The van der Waals surface area contributed by atoms with Gasteiger partial charge in [0.1, 0.15) is 22.7 Å². The molecular formula is C24H24O7. The predicted octanol–water partition coefficient (Wildman–Crippen LogP) is 3.03. The number of carbonyl (C=O) groups is 2. The first kappa shape index (κ1) is 23.6. The molecule has 31 heavy (non-hydrogen) atoms. The summed E-state index contributed by atoms with van der Waals surface area (Å²) in [6, 6.07) is 12.6. The third-order valence-corrected chi connectivity index (χ3v) is 4.35. The lowest BCUT2D eigenvalue weighted by Crippen LogP contribution is -2.38. The largest absolute Gasteiger partial charge is 0.508 e. The van der Waals surface area contributed by atoms with Crippen LogP contribution in [0.4, 0.5) is 0 Å². The summed E-state index contributed by atoms with van der Waals surface area (Å²) in [4.78, 5) is 23.9. The van der Waals surface area contributed by atoms with E-state index < -0.39 is 30.4 Å². The van der Waals surface area contributed by atoms with Gasteiger partial charge in [0.2, 0.25) is 0 Å². The third-order valence-electron chi connectivity index (χ3n) is 4.35. The van der Waals surface area contributed by atoms with Crippen molar-refractivity contribution in [2.24, 2.45) is 5.41 Å². The minimum absolute atomic E-state index is 0.131. The zero-order chi connectivity index (χ0) is 22.9.